The molecule has 2 aromatic carbocycles. The maximum absolute atomic E-state index is 12.5. The van der Waals surface area contributed by atoms with Crippen molar-refractivity contribution in [3.63, 3.8) is 0 Å². The molecule has 4 nitrogen and oxygen atoms in total. The number of carbonyl (C=O) groups excluding carboxylic acids is 1. The van der Waals surface area contributed by atoms with Gasteiger partial charge in [-0.2, -0.15) is 0 Å². The molecule has 1 aliphatic heterocycles. The van der Waals surface area contributed by atoms with E-state index >= 15 is 0 Å². The lowest BCUT2D eigenvalue weighted by atomic mass is 9.87. The number of benzene rings is 2. The van der Waals surface area contributed by atoms with E-state index in [4.69, 9.17) is 16.3 Å². The molecular formula is C22H27ClN2O2. The molecule has 0 radical (unpaired) electrons. The summed E-state index contributed by atoms with van der Waals surface area (Å²) in [5, 5.41) is 0.733. The van der Waals surface area contributed by atoms with Gasteiger partial charge in [-0.1, -0.05) is 50.6 Å². The van der Waals surface area contributed by atoms with Crippen LogP contribution in [0.5, 0.6) is 5.75 Å². The highest BCUT2D eigenvalue weighted by atomic mass is 35.5. The Hall–Kier alpha value is -2.20. The van der Waals surface area contributed by atoms with E-state index in [9.17, 15) is 4.79 Å². The van der Waals surface area contributed by atoms with Crippen molar-refractivity contribution in [1.82, 2.24) is 4.90 Å². The number of hydrogen-bond donors (Lipinski definition) is 0. The lowest BCUT2D eigenvalue weighted by Crippen LogP contribution is -2.50. The minimum atomic E-state index is 0.0284. The van der Waals surface area contributed by atoms with E-state index < -0.39 is 0 Å². The topological polar surface area (TPSA) is 32.8 Å². The third-order valence-electron chi connectivity index (χ3n) is 4.89. The smallest absolute Gasteiger partial charge is 0.260 e. The van der Waals surface area contributed by atoms with E-state index in [1.807, 2.05) is 41.3 Å². The summed E-state index contributed by atoms with van der Waals surface area (Å²) in [6.45, 7) is 9.58. The summed E-state index contributed by atoms with van der Waals surface area (Å²) in [4.78, 5) is 16.6. The fourth-order valence-corrected chi connectivity index (χ4v) is 3.36. The molecule has 0 N–H and O–H groups in total. The highest BCUT2D eigenvalue weighted by Crippen LogP contribution is 2.24. The van der Waals surface area contributed by atoms with Gasteiger partial charge in [0.1, 0.15) is 5.75 Å². The third kappa shape index (κ3) is 5.16. The predicted octanol–water partition coefficient (Wildman–Crippen LogP) is 4.37. The molecule has 5 heteroatoms. The maximum atomic E-state index is 12.5. The fraction of sp³-hybridized carbons (Fsp3) is 0.409. The van der Waals surface area contributed by atoms with Crippen LogP contribution in [0.15, 0.2) is 48.5 Å². The van der Waals surface area contributed by atoms with Crippen LogP contribution in [0, 0.1) is 0 Å². The van der Waals surface area contributed by atoms with Gasteiger partial charge in [-0.3, -0.25) is 4.79 Å². The molecule has 0 aliphatic carbocycles. The molecular weight excluding hydrogens is 360 g/mol. The second kappa shape index (κ2) is 8.22. The van der Waals surface area contributed by atoms with Gasteiger partial charge in [0.15, 0.2) is 6.61 Å². The Kier molecular flexibility index (Phi) is 5.95. The number of carbonyl (C=O) groups is 1. The number of ether oxygens (including phenoxy) is 1. The average Bonchev–Trinajstić information content (AvgIpc) is 2.66. The predicted molar refractivity (Wildman–Crippen MR) is 111 cm³/mol. The summed E-state index contributed by atoms with van der Waals surface area (Å²) in [5.41, 5.74) is 2.46. The summed E-state index contributed by atoms with van der Waals surface area (Å²) >= 11 is 6.07. The molecule has 1 fully saturated rings. The summed E-state index contributed by atoms with van der Waals surface area (Å²) < 4.78 is 5.69. The Morgan fingerprint density at radius 2 is 1.70 bits per heavy atom. The Morgan fingerprint density at radius 3 is 2.30 bits per heavy atom. The normalized spacial score (nSPS) is 15.0. The standard InChI is InChI=1S/C22H27ClN2O2/c1-22(2,3)17-7-9-20(10-8-17)27-16-21(26)25-13-11-24(12-14-25)19-6-4-5-18(23)15-19/h4-10,15H,11-14,16H2,1-3H3. The molecule has 1 aliphatic rings. The Labute approximate surface area is 166 Å². The van der Waals surface area contributed by atoms with Crippen LogP contribution >= 0.6 is 11.6 Å². The second-order valence-corrected chi connectivity index (χ2v) is 8.35. The summed E-state index contributed by atoms with van der Waals surface area (Å²) in [7, 11) is 0. The molecule has 0 unspecified atom stereocenters. The first-order valence-electron chi connectivity index (χ1n) is 9.34. The average molecular weight is 387 g/mol. The largest absolute Gasteiger partial charge is 0.484 e. The van der Waals surface area contributed by atoms with Crippen LogP contribution in [-0.2, 0) is 10.2 Å². The van der Waals surface area contributed by atoms with Crippen molar-refractivity contribution in [3.05, 3.63) is 59.1 Å². The molecule has 0 spiro atoms. The molecule has 0 saturated carbocycles. The van der Waals surface area contributed by atoms with Crippen molar-refractivity contribution in [1.29, 1.82) is 0 Å². The van der Waals surface area contributed by atoms with Crippen molar-refractivity contribution in [2.75, 3.05) is 37.7 Å². The lowest BCUT2D eigenvalue weighted by molar-refractivity contribution is -0.133. The summed E-state index contributed by atoms with van der Waals surface area (Å²) in [6, 6.07) is 15.8. The molecule has 2 aromatic rings. The van der Waals surface area contributed by atoms with E-state index in [0.29, 0.717) is 13.1 Å². The quantitative estimate of drug-likeness (QED) is 0.782. The first-order valence-corrected chi connectivity index (χ1v) is 9.72. The van der Waals surface area contributed by atoms with Gasteiger partial charge in [0.25, 0.3) is 5.91 Å². The van der Waals surface area contributed by atoms with Crippen molar-refractivity contribution < 1.29 is 9.53 Å². The van der Waals surface area contributed by atoms with Gasteiger partial charge in [0.05, 0.1) is 0 Å². The van der Waals surface area contributed by atoms with Crippen LogP contribution in [0.2, 0.25) is 5.02 Å². The number of hydrogen-bond acceptors (Lipinski definition) is 3. The number of anilines is 1. The van der Waals surface area contributed by atoms with Crippen LogP contribution in [0.1, 0.15) is 26.3 Å². The van der Waals surface area contributed by atoms with Gasteiger partial charge in [-0.05, 0) is 41.3 Å². The van der Waals surface area contributed by atoms with Crippen molar-refractivity contribution >= 4 is 23.2 Å². The van der Waals surface area contributed by atoms with Crippen molar-refractivity contribution in [3.8, 4) is 5.75 Å². The van der Waals surface area contributed by atoms with Crippen LogP contribution in [0.25, 0.3) is 0 Å². The van der Waals surface area contributed by atoms with E-state index in [-0.39, 0.29) is 17.9 Å². The first-order chi connectivity index (χ1) is 12.8. The number of rotatable bonds is 4. The summed E-state index contributed by atoms with van der Waals surface area (Å²) in [5.74, 6) is 0.759. The molecule has 144 valence electrons. The molecule has 0 bridgehead atoms. The van der Waals surface area contributed by atoms with Gasteiger partial charge in [-0.25, -0.2) is 0 Å². The third-order valence-corrected chi connectivity index (χ3v) is 5.12. The minimum Gasteiger partial charge on any atom is -0.484 e. The SMILES string of the molecule is CC(C)(C)c1ccc(OCC(=O)N2CCN(c3cccc(Cl)c3)CC2)cc1. The van der Waals surface area contributed by atoms with Crippen LogP contribution in [0.4, 0.5) is 5.69 Å². The molecule has 1 saturated heterocycles. The highest BCUT2D eigenvalue weighted by Gasteiger charge is 2.22. The van der Waals surface area contributed by atoms with Crippen molar-refractivity contribution in [2.24, 2.45) is 0 Å². The van der Waals surface area contributed by atoms with Gasteiger partial charge in [-0.15, -0.1) is 0 Å². The van der Waals surface area contributed by atoms with Gasteiger partial charge < -0.3 is 14.5 Å². The number of piperazine rings is 1. The fourth-order valence-electron chi connectivity index (χ4n) is 3.17. The molecule has 0 aromatic heterocycles. The molecule has 27 heavy (non-hydrogen) atoms. The zero-order chi connectivity index (χ0) is 19.4. The number of amides is 1. The van der Waals surface area contributed by atoms with Crippen LogP contribution in [0.3, 0.4) is 0 Å². The van der Waals surface area contributed by atoms with E-state index in [0.717, 1.165) is 29.5 Å². The molecule has 0 atom stereocenters. The zero-order valence-corrected chi connectivity index (χ0v) is 17.0. The highest BCUT2D eigenvalue weighted by molar-refractivity contribution is 6.30. The monoisotopic (exact) mass is 386 g/mol. The maximum Gasteiger partial charge on any atom is 0.260 e. The Balaban J connectivity index is 1.48. The van der Waals surface area contributed by atoms with Gasteiger partial charge in [0.2, 0.25) is 0 Å². The second-order valence-electron chi connectivity index (χ2n) is 7.91. The zero-order valence-electron chi connectivity index (χ0n) is 16.2. The van der Waals surface area contributed by atoms with E-state index in [1.165, 1.54) is 5.56 Å². The van der Waals surface area contributed by atoms with E-state index in [2.05, 4.69) is 37.8 Å². The molecule has 3 rings (SSSR count). The Morgan fingerprint density at radius 1 is 1.04 bits per heavy atom. The first kappa shape index (κ1) is 19.6. The van der Waals surface area contributed by atoms with Crippen LogP contribution < -0.4 is 9.64 Å². The van der Waals surface area contributed by atoms with Crippen molar-refractivity contribution in [2.45, 2.75) is 26.2 Å². The molecule has 1 heterocycles. The van der Waals surface area contributed by atoms with Gasteiger partial charge >= 0.3 is 0 Å². The lowest BCUT2D eigenvalue weighted by Gasteiger charge is -2.36. The van der Waals surface area contributed by atoms with E-state index in [1.54, 1.807) is 0 Å². The van der Waals surface area contributed by atoms with Gasteiger partial charge in [0, 0.05) is 36.9 Å². The Bertz CT molecular complexity index is 776. The number of halogens is 1. The van der Waals surface area contributed by atoms with Crippen LogP contribution in [-0.4, -0.2) is 43.6 Å². The molecule has 1 amide bonds. The summed E-state index contributed by atoms with van der Waals surface area (Å²) in [6.07, 6.45) is 0. The minimum absolute atomic E-state index is 0.0284. The number of nitrogens with zero attached hydrogens (tertiary/aromatic N) is 2.